The number of ether oxygens (including phenoxy) is 2. The average molecular weight is 532 g/mol. The molecule has 1 heterocycles. The Hall–Kier alpha value is -3.24. The number of anilines is 1. The molecule has 1 aliphatic rings. The fourth-order valence-corrected chi connectivity index (χ4v) is 3.80. The summed E-state index contributed by atoms with van der Waals surface area (Å²) < 4.78 is 11.9. The average Bonchev–Trinajstić information content (AvgIpc) is 2.73. The van der Waals surface area contributed by atoms with Crippen molar-refractivity contribution in [2.75, 3.05) is 18.5 Å². The van der Waals surface area contributed by atoms with Crippen molar-refractivity contribution in [1.29, 1.82) is 0 Å². The van der Waals surface area contributed by atoms with E-state index in [9.17, 15) is 14.4 Å². The van der Waals surface area contributed by atoms with Gasteiger partial charge in [0.25, 0.3) is 17.7 Å². The lowest BCUT2D eigenvalue weighted by molar-refractivity contribution is -0.123. The van der Waals surface area contributed by atoms with Crippen LogP contribution in [0.4, 0.5) is 5.69 Å². The Balaban J connectivity index is 1.80. The van der Waals surface area contributed by atoms with Crippen LogP contribution in [0.25, 0.3) is 6.08 Å². The summed E-state index contributed by atoms with van der Waals surface area (Å²) >= 11 is 8.23. The number of carbonyl (C=O) groups is 3. The van der Waals surface area contributed by atoms with Crippen molar-refractivity contribution >= 4 is 62.7 Å². The molecule has 33 heavy (non-hydrogen) atoms. The van der Waals surface area contributed by atoms with E-state index in [4.69, 9.17) is 21.7 Å². The van der Waals surface area contributed by atoms with Crippen molar-refractivity contribution in [3.8, 4) is 11.5 Å². The second-order valence-electron chi connectivity index (χ2n) is 7.21. The number of hydrogen-bond donors (Lipinski definition) is 3. The van der Waals surface area contributed by atoms with Gasteiger partial charge in [-0.05, 0) is 89.9 Å². The van der Waals surface area contributed by atoms with Crippen molar-refractivity contribution in [2.24, 2.45) is 0 Å². The SMILES string of the molecule is CCOc1cc(C=C2C(=O)NC(=S)NC2=O)cc(Br)c1OCC(=O)Nc1cc(C)ccc1C. The summed E-state index contributed by atoms with van der Waals surface area (Å²) in [5.41, 5.74) is 3.12. The van der Waals surface area contributed by atoms with Gasteiger partial charge in [-0.1, -0.05) is 12.1 Å². The van der Waals surface area contributed by atoms with Gasteiger partial charge in [0.05, 0.1) is 11.1 Å². The number of rotatable bonds is 7. The molecule has 0 spiro atoms. The standard InChI is InChI=1S/C23H22BrN3O5S/c1-4-31-18-10-14(8-15-21(29)26-23(33)27-22(15)30)9-16(24)20(18)32-11-19(28)25-17-7-12(2)5-6-13(17)3/h5-10H,4,11H2,1-3H3,(H,25,28)(H2,26,27,29,30,33). The summed E-state index contributed by atoms with van der Waals surface area (Å²) in [6.45, 7) is 5.76. The van der Waals surface area contributed by atoms with Gasteiger partial charge in [0.2, 0.25) is 0 Å². The van der Waals surface area contributed by atoms with Gasteiger partial charge in [0.1, 0.15) is 5.57 Å². The van der Waals surface area contributed by atoms with Gasteiger partial charge in [0.15, 0.2) is 23.2 Å². The monoisotopic (exact) mass is 531 g/mol. The maximum absolute atomic E-state index is 12.5. The summed E-state index contributed by atoms with van der Waals surface area (Å²) in [6.07, 6.45) is 1.41. The van der Waals surface area contributed by atoms with Gasteiger partial charge >= 0.3 is 0 Å². The number of nitrogens with one attached hydrogen (secondary N) is 3. The molecule has 0 atom stereocenters. The maximum atomic E-state index is 12.5. The Bertz CT molecular complexity index is 1160. The Labute approximate surface area is 204 Å². The van der Waals surface area contributed by atoms with Crippen LogP contribution in [0.3, 0.4) is 0 Å². The maximum Gasteiger partial charge on any atom is 0.263 e. The molecule has 0 bridgehead atoms. The minimum atomic E-state index is -0.596. The van der Waals surface area contributed by atoms with Crippen LogP contribution >= 0.6 is 28.1 Å². The van der Waals surface area contributed by atoms with Crippen LogP contribution < -0.4 is 25.4 Å². The molecule has 0 saturated carbocycles. The largest absolute Gasteiger partial charge is 0.490 e. The molecule has 3 amide bonds. The zero-order valence-corrected chi connectivity index (χ0v) is 20.6. The zero-order valence-electron chi connectivity index (χ0n) is 18.2. The molecule has 3 N–H and O–H groups in total. The first-order chi connectivity index (χ1) is 15.7. The van der Waals surface area contributed by atoms with E-state index in [2.05, 4.69) is 31.9 Å². The number of benzene rings is 2. The molecular formula is C23H22BrN3O5S. The van der Waals surface area contributed by atoms with E-state index in [0.29, 0.717) is 28.1 Å². The molecule has 2 aromatic carbocycles. The first kappa shape index (κ1) is 24.4. The topological polar surface area (TPSA) is 106 Å². The summed E-state index contributed by atoms with van der Waals surface area (Å²) in [6, 6.07) is 9.07. The first-order valence-electron chi connectivity index (χ1n) is 10.0. The Morgan fingerprint density at radius 2 is 1.82 bits per heavy atom. The van der Waals surface area contributed by atoms with E-state index in [1.54, 1.807) is 19.1 Å². The summed E-state index contributed by atoms with van der Waals surface area (Å²) in [5, 5.41) is 7.57. The third-order valence-corrected chi connectivity index (χ3v) is 5.39. The van der Waals surface area contributed by atoms with Gasteiger partial charge < -0.3 is 14.8 Å². The molecule has 1 saturated heterocycles. The molecule has 3 rings (SSSR count). The van der Waals surface area contributed by atoms with Crippen molar-refractivity contribution < 1.29 is 23.9 Å². The Kier molecular flexibility index (Phi) is 7.83. The quantitative estimate of drug-likeness (QED) is 0.287. The zero-order chi connectivity index (χ0) is 24.1. The van der Waals surface area contributed by atoms with E-state index in [1.165, 1.54) is 6.08 Å². The van der Waals surface area contributed by atoms with Crippen molar-refractivity contribution in [3.05, 3.63) is 57.1 Å². The lowest BCUT2D eigenvalue weighted by Gasteiger charge is -2.17. The minimum absolute atomic E-state index is 0.0405. The van der Waals surface area contributed by atoms with Crippen LogP contribution in [0, 0.1) is 13.8 Å². The lowest BCUT2D eigenvalue weighted by Crippen LogP contribution is -2.51. The van der Waals surface area contributed by atoms with Crippen LogP contribution in [0.1, 0.15) is 23.6 Å². The molecule has 172 valence electrons. The van der Waals surface area contributed by atoms with Crippen molar-refractivity contribution in [3.63, 3.8) is 0 Å². The highest BCUT2D eigenvalue weighted by Crippen LogP contribution is 2.37. The molecule has 0 radical (unpaired) electrons. The summed E-state index contributed by atoms with van der Waals surface area (Å²) in [5.74, 6) is -0.836. The molecular weight excluding hydrogens is 510 g/mol. The summed E-state index contributed by atoms with van der Waals surface area (Å²) in [4.78, 5) is 36.7. The van der Waals surface area contributed by atoms with Gasteiger partial charge in [0, 0.05) is 5.69 Å². The molecule has 0 aromatic heterocycles. The van der Waals surface area contributed by atoms with Gasteiger partial charge in [-0.2, -0.15) is 0 Å². The highest BCUT2D eigenvalue weighted by molar-refractivity contribution is 9.10. The fraction of sp³-hybridized carbons (Fsp3) is 0.217. The van der Waals surface area contributed by atoms with Gasteiger partial charge in [-0.3, -0.25) is 25.0 Å². The van der Waals surface area contributed by atoms with E-state index < -0.39 is 11.8 Å². The van der Waals surface area contributed by atoms with Crippen LogP contribution in [-0.2, 0) is 14.4 Å². The van der Waals surface area contributed by atoms with E-state index >= 15 is 0 Å². The van der Waals surface area contributed by atoms with E-state index in [-0.39, 0.29) is 23.2 Å². The second-order valence-corrected chi connectivity index (χ2v) is 8.48. The Morgan fingerprint density at radius 1 is 1.12 bits per heavy atom. The smallest absolute Gasteiger partial charge is 0.263 e. The highest BCUT2D eigenvalue weighted by atomic mass is 79.9. The van der Waals surface area contributed by atoms with E-state index in [0.717, 1.165) is 16.8 Å². The second kappa shape index (κ2) is 10.6. The van der Waals surface area contributed by atoms with Crippen LogP contribution in [-0.4, -0.2) is 36.0 Å². The molecule has 1 aliphatic heterocycles. The van der Waals surface area contributed by atoms with Crippen LogP contribution in [0.15, 0.2) is 40.4 Å². The first-order valence-corrected chi connectivity index (χ1v) is 11.2. The van der Waals surface area contributed by atoms with Crippen LogP contribution in [0.2, 0.25) is 0 Å². The number of hydrogen-bond acceptors (Lipinski definition) is 6. The molecule has 10 heteroatoms. The number of aryl methyl sites for hydroxylation is 2. The number of carbonyl (C=O) groups excluding carboxylic acids is 3. The fourth-order valence-electron chi connectivity index (χ4n) is 3.04. The molecule has 1 fully saturated rings. The minimum Gasteiger partial charge on any atom is -0.490 e. The van der Waals surface area contributed by atoms with E-state index in [1.807, 2.05) is 32.0 Å². The van der Waals surface area contributed by atoms with Gasteiger partial charge in [-0.25, -0.2) is 0 Å². The molecule has 8 nitrogen and oxygen atoms in total. The number of amides is 3. The number of halogens is 1. The van der Waals surface area contributed by atoms with Gasteiger partial charge in [-0.15, -0.1) is 0 Å². The Morgan fingerprint density at radius 3 is 2.48 bits per heavy atom. The molecule has 0 unspecified atom stereocenters. The predicted octanol–water partition coefficient (Wildman–Crippen LogP) is 3.40. The normalized spacial score (nSPS) is 13.2. The van der Waals surface area contributed by atoms with Crippen LogP contribution in [0.5, 0.6) is 11.5 Å². The number of thiocarbonyl (C=S) groups is 1. The van der Waals surface area contributed by atoms with Crippen molar-refractivity contribution in [1.82, 2.24) is 10.6 Å². The predicted molar refractivity (Wildman–Crippen MR) is 132 cm³/mol. The molecule has 2 aromatic rings. The molecule has 0 aliphatic carbocycles. The third-order valence-electron chi connectivity index (χ3n) is 4.60. The van der Waals surface area contributed by atoms with Crippen molar-refractivity contribution in [2.45, 2.75) is 20.8 Å². The highest BCUT2D eigenvalue weighted by Gasteiger charge is 2.26. The third kappa shape index (κ3) is 6.17. The summed E-state index contributed by atoms with van der Waals surface area (Å²) in [7, 11) is 0. The lowest BCUT2D eigenvalue weighted by atomic mass is 10.1.